The predicted molar refractivity (Wildman–Crippen MR) is 113 cm³/mol. The van der Waals surface area contributed by atoms with Crippen LogP contribution in [0.1, 0.15) is 29.6 Å². The molecule has 0 radical (unpaired) electrons. The van der Waals surface area contributed by atoms with E-state index < -0.39 is 0 Å². The lowest BCUT2D eigenvalue weighted by Gasteiger charge is -2.32. The zero-order valence-corrected chi connectivity index (χ0v) is 17.1. The normalized spacial score (nSPS) is 15.7. The quantitative estimate of drug-likeness (QED) is 0.275. The van der Waals surface area contributed by atoms with Crippen LogP contribution in [0.2, 0.25) is 5.02 Å². The third kappa shape index (κ3) is 6.47. The average Bonchev–Trinajstić information content (AvgIpc) is 2.69. The molecule has 0 unspecified atom stereocenters. The van der Waals surface area contributed by atoms with E-state index in [1.165, 1.54) is 13.3 Å². The Morgan fingerprint density at radius 2 is 2.14 bits per heavy atom. The average molecular weight is 411 g/mol. The van der Waals surface area contributed by atoms with Gasteiger partial charge in [0.15, 0.2) is 0 Å². The van der Waals surface area contributed by atoms with Crippen LogP contribution < -0.4 is 27.4 Å². The number of nitrogens with zero attached hydrogens (tertiary/aromatic N) is 2. The number of piperidine rings is 1. The number of nitrogens with one attached hydrogen (secondary N) is 1. The third-order valence-electron chi connectivity index (χ3n) is 4.99. The summed E-state index contributed by atoms with van der Waals surface area (Å²) in [6, 6.07) is 3.12. The van der Waals surface area contributed by atoms with Crippen LogP contribution in [-0.4, -0.2) is 55.6 Å². The highest BCUT2D eigenvalue weighted by atomic mass is 35.5. The number of amides is 1. The van der Waals surface area contributed by atoms with E-state index in [0.29, 0.717) is 34.5 Å². The number of nitrogen functional groups attached to an aromatic ring is 1. The molecule has 1 aliphatic rings. The van der Waals surface area contributed by atoms with Crippen molar-refractivity contribution in [1.29, 1.82) is 0 Å². The van der Waals surface area contributed by atoms with Gasteiger partial charge in [0.25, 0.3) is 5.91 Å². The molecule has 1 aromatic rings. The molecule has 9 heteroatoms. The van der Waals surface area contributed by atoms with Crippen molar-refractivity contribution >= 4 is 23.2 Å². The van der Waals surface area contributed by atoms with Crippen molar-refractivity contribution in [2.24, 2.45) is 17.5 Å². The van der Waals surface area contributed by atoms with Gasteiger partial charge in [-0.25, -0.2) is 5.84 Å². The molecule has 7 N–H and O–H groups in total. The number of rotatable bonds is 9. The van der Waals surface area contributed by atoms with Gasteiger partial charge in [-0.1, -0.05) is 11.6 Å². The Hall–Kier alpha value is -2.16. The maximum absolute atomic E-state index is 12.5. The summed E-state index contributed by atoms with van der Waals surface area (Å²) < 4.78 is 5.25. The standard InChI is InChI=1S/C19H31ClN6O2/c1-28-18-12-17(22)16(20)11-15(18)19(27)24-13-14-3-8-25(9-4-14)6-2-7-26(23)10-5-21/h5,10-12,14H,2-4,6-9,13,21-23H2,1H3,(H,24,27)/b10-5-. The zero-order chi connectivity index (χ0) is 20.5. The van der Waals surface area contributed by atoms with Gasteiger partial charge in [0.05, 0.1) is 23.4 Å². The van der Waals surface area contributed by atoms with E-state index in [4.69, 9.17) is 33.6 Å². The molecule has 28 heavy (non-hydrogen) atoms. The van der Waals surface area contributed by atoms with Crippen molar-refractivity contribution in [2.45, 2.75) is 19.3 Å². The first-order valence-electron chi connectivity index (χ1n) is 9.48. The van der Waals surface area contributed by atoms with Crippen molar-refractivity contribution in [3.63, 3.8) is 0 Å². The molecule has 0 aliphatic carbocycles. The Balaban J connectivity index is 1.74. The number of hydrazine groups is 1. The Kier molecular flexibility index (Phi) is 8.69. The Labute approximate surface area is 171 Å². The Bertz CT molecular complexity index is 677. The molecule has 0 spiro atoms. The van der Waals surface area contributed by atoms with Crippen molar-refractivity contribution < 1.29 is 9.53 Å². The number of nitrogens with two attached hydrogens (primary N) is 3. The van der Waals surface area contributed by atoms with Crippen LogP contribution in [0.15, 0.2) is 24.5 Å². The highest BCUT2D eigenvalue weighted by Gasteiger charge is 2.21. The summed E-state index contributed by atoms with van der Waals surface area (Å²) in [5.74, 6) is 6.45. The van der Waals surface area contributed by atoms with E-state index >= 15 is 0 Å². The largest absolute Gasteiger partial charge is 0.496 e. The number of carbonyl (C=O) groups excluding carboxylic acids is 1. The maximum Gasteiger partial charge on any atom is 0.255 e. The van der Waals surface area contributed by atoms with E-state index in [1.807, 2.05) is 0 Å². The summed E-state index contributed by atoms with van der Waals surface area (Å²) in [6.07, 6.45) is 6.19. The van der Waals surface area contributed by atoms with Gasteiger partial charge in [0, 0.05) is 31.6 Å². The third-order valence-corrected chi connectivity index (χ3v) is 5.32. The number of anilines is 1. The highest BCUT2D eigenvalue weighted by Crippen LogP contribution is 2.29. The maximum atomic E-state index is 12.5. The number of methoxy groups -OCH3 is 1. The smallest absolute Gasteiger partial charge is 0.255 e. The molecule has 1 aromatic carbocycles. The SMILES string of the molecule is COc1cc(N)c(Cl)cc1C(=O)NCC1CCN(CCCN(N)/C=C\N)CC1. The van der Waals surface area contributed by atoms with Gasteiger partial charge in [0.2, 0.25) is 0 Å². The fourth-order valence-corrected chi connectivity index (χ4v) is 3.49. The van der Waals surface area contributed by atoms with Crippen molar-refractivity contribution in [3.8, 4) is 5.75 Å². The second kappa shape index (κ2) is 11.0. The molecule has 0 bridgehead atoms. The first-order chi connectivity index (χ1) is 13.4. The summed E-state index contributed by atoms with van der Waals surface area (Å²) in [7, 11) is 1.51. The molecule has 0 atom stereocenters. The fourth-order valence-electron chi connectivity index (χ4n) is 3.32. The minimum atomic E-state index is -0.197. The van der Waals surface area contributed by atoms with Gasteiger partial charge >= 0.3 is 0 Å². The van der Waals surface area contributed by atoms with E-state index in [-0.39, 0.29) is 5.91 Å². The number of benzene rings is 1. The molecular formula is C19H31ClN6O2. The van der Waals surface area contributed by atoms with Gasteiger partial charge in [-0.15, -0.1) is 0 Å². The first-order valence-corrected chi connectivity index (χ1v) is 9.85. The molecule has 1 fully saturated rings. The first kappa shape index (κ1) is 22.1. The molecule has 1 aliphatic heterocycles. The summed E-state index contributed by atoms with van der Waals surface area (Å²) in [6.45, 7) is 4.46. The lowest BCUT2D eigenvalue weighted by Crippen LogP contribution is -2.40. The number of ether oxygens (including phenoxy) is 1. The molecular weight excluding hydrogens is 380 g/mol. The second-order valence-corrected chi connectivity index (χ2v) is 7.41. The van der Waals surface area contributed by atoms with E-state index in [2.05, 4.69) is 10.2 Å². The van der Waals surface area contributed by atoms with Crippen molar-refractivity contribution in [1.82, 2.24) is 15.2 Å². The molecule has 2 rings (SSSR count). The molecule has 156 valence electrons. The van der Waals surface area contributed by atoms with E-state index in [9.17, 15) is 4.79 Å². The number of halogens is 1. The second-order valence-electron chi connectivity index (χ2n) is 7.00. The van der Waals surface area contributed by atoms with Gasteiger partial charge in [0.1, 0.15) is 5.75 Å². The number of likely N-dealkylation sites (tertiary alicyclic amines) is 1. The monoisotopic (exact) mass is 410 g/mol. The van der Waals surface area contributed by atoms with Crippen LogP contribution in [-0.2, 0) is 0 Å². The summed E-state index contributed by atoms with van der Waals surface area (Å²) in [5.41, 5.74) is 11.9. The number of hydrogen-bond acceptors (Lipinski definition) is 7. The van der Waals surface area contributed by atoms with Crippen molar-refractivity contribution in [2.75, 3.05) is 45.6 Å². The summed E-state index contributed by atoms with van der Waals surface area (Å²) in [5, 5.41) is 4.94. The van der Waals surface area contributed by atoms with Gasteiger partial charge < -0.3 is 31.4 Å². The Morgan fingerprint density at radius 3 is 2.79 bits per heavy atom. The van der Waals surface area contributed by atoms with Gasteiger partial charge in [-0.05, 0) is 50.9 Å². The topological polar surface area (TPSA) is 123 Å². The van der Waals surface area contributed by atoms with Crippen LogP contribution in [0.5, 0.6) is 5.75 Å². The summed E-state index contributed by atoms with van der Waals surface area (Å²) >= 11 is 6.04. The molecule has 1 saturated heterocycles. The molecule has 0 aromatic heterocycles. The predicted octanol–water partition coefficient (Wildman–Crippen LogP) is 1.37. The lowest BCUT2D eigenvalue weighted by atomic mass is 9.96. The molecule has 1 amide bonds. The van der Waals surface area contributed by atoms with Gasteiger partial charge in [-0.2, -0.15) is 0 Å². The van der Waals surface area contributed by atoms with Gasteiger partial charge in [-0.3, -0.25) is 4.79 Å². The fraction of sp³-hybridized carbons (Fsp3) is 0.526. The number of hydrogen-bond donors (Lipinski definition) is 4. The van der Waals surface area contributed by atoms with Crippen molar-refractivity contribution in [3.05, 3.63) is 35.1 Å². The van der Waals surface area contributed by atoms with Crippen LogP contribution in [0, 0.1) is 5.92 Å². The Morgan fingerprint density at radius 1 is 1.43 bits per heavy atom. The van der Waals surface area contributed by atoms with E-state index in [0.717, 1.165) is 45.4 Å². The minimum Gasteiger partial charge on any atom is -0.496 e. The van der Waals surface area contributed by atoms with E-state index in [1.54, 1.807) is 23.3 Å². The lowest BCUT2D eigenvalue weighted by molar-refractivity contribution is 0.0932. The minimum absolute atomic E-state index is 0.197. The van der Waals surface area contributed by atoms with Crippen LogP contribution in [0.4, 0.5) is 5.69 Å². The summed E-state index contributed by atoms with van der Waals surface area (Å²) in [4.78, 5) is 15.0. The highest BCUT2D eigenvalue weighted by molar-refractivity contribution is 6.33. The number of carbonyl (C=O) groups is 1. The molecule has 8 nitrogen and oxygen atoms in total. The van der Waals surface area contributed by atoms with Crippen LogP contribution in [0.25, 0.3) is 0 Å². The van der Waals surface area contributed by atoms with Crippen LogP contribution >= 0.6 is 11.6 Å². The molecule has 0 saturated carbocycles. The zero-order valence-electron chi connectivity index (χ0n) is 16.4. The van der Waals surface area contributed by atoms with Crippen LogP contribution in [0.3, 0.4) is 0 Å². The molecule has 1 heterocycles.